The minimum absolute atomic E-state index is 0.119. The summed E-state index contributed by atoms with van der Waals surface area (Å²) in [6.07, 6.45) is 2.06. The molecule has 1 saturated heterocycles. The fraction of sp³-hybridized carbons (Fsp3) is 0.407. The number of ether oxygens (including phenoxy) is 1. The van der Waals surface area contributed by atoms with Crippen molar-refractivity contribution in [2.75, 3.05) is 30.0 Å². The summed E-state index contributed by atoms with van der Waals surface area (Å²) in [6.45, 7) is 6.71. The maximum atomic E-state index is 13.6. The number of hydrazone groups is 1. The molecule has 0 bridgehead atoms. The molecule has 4 rings (SSSR count). The van der Waals surface area contributed by atoms with Gasteiger partial charge in [0.1, 0.15) is 12.3 Å². The van der Waals surface area contributed by atoms with Crippen LogP contribution in [0.4, 0.5) is 11.4 Å². The van der Waals surface area contributed by atoms with Crippen LogP contribution in [0.3, 0.4) is 0 Å². The van der Waals surface area contributed by atoms with E-state index in [1.165, 1.54) is 9.91 Å². The molecule has 0 aliphatic carbocycles. The van der Waals surface area contributed by atoms with Crippen LogP contribution in [0.5, 0.6) is 0 Å². The van der Waals surface area contributed by atoms with E-state index in [1.54, 1.807) is 6.07 Å². The van der Waals surface area contributed by atoms with E-state index in [1.807, 2.05) is 57.2 Å². The van der Waals surface area contributed by atoms with E-state index in [-0.39, 0.29) is 48.9 Å². The fourth-order valence-electron chi connectivity index (χ4n) is 4.35. The predicted molar refractivity (Wildman–Crippen MR) is 135 cm³/mol. The Bertz CT molecular complexity index is 1150. The Balaban J connectivity index is 1.55. The molecule has 0 spiro atoms. The lowest BCUT2D eigenvalue weighted by Crippen LogP contribution is -2.47. The van der Waals surface area contributed by atoms with Crippen LogP contribution >= 0.6 is 0 Å². The number of rotatable bonds is 7. The van der Waals surface area contributed by atoms with Crippen molar-refractivity contribution < 1.29 is 19.1 Å². The van der Waals surface area contributed by atoms with Gasteiger partial charge in [-0.2, -0.15) is 5.10 Å². The Kier molecular flexibility index (Phi) is 7.60. The molecule has 8 heteroatoms. The zero-order valence-corrected chi connectivity index (χ0v) is 20.5. The Hall–Kier alpha value is -3.52. The molecule has 2 aliphatic rings. The Labute approximate surface area is 205 Å². The number of aryl methyl sites for hydroxylation is 2. The standard InChI is InChI=1S/C27H32N4O4/c1-18-7-4-9-21(15-18)31-26(33)13-12-24(29-31)27(34)30(16-22-10-6-14-35-22)17-25(32)28-23-11-5-8-19(2)20(23)3/h4-5,7-9,11,15,22H,6,10,12-14,16-17H2,1-3H3,(H,28,32)/t22-/m0/s1. The molecular formula is C27H32N4O4. The van der Waals surface area contributed by atoms with Crippen molar-refractivity contribution in [3.05, 3.63) is 59.2 Å². The molecule has 0 unspecified atom stereocenters. The Morgan fingerprint density at radius 2 is 1.94 bits per heavy atom. The third-order valence-electron chi connectivity index (χ3n) is 6.47. The van der Waals surface area contributed by atoms with Gasteiger partial charge in [0.05, 0.1) is 11.8 Å². The molecule has 2 aromatic rings. The SMILES string of the molecule is Cc1cccc(N2N=C(C(=O)N(CC(=O)Nc3cccc(C)c3C)C[C@@H]3CCCO3)CCC2=O)c1. The molecule has 1 fully saturated rings. The van der Waals surface area contributed by atoms with Crippen molar-refractivity contribution in [1.29, 1.82) is 0 Å². The highest BCUT2D eigenvalue weighted by molar-refractivity contribution is 6.40. The lowest BCUT2D eigenvalue weighted by Gasteiger charge is -2.28. The average Bonchev–Trinajstić information content (AvgIpc) is 3.35. The third-order valence-corrected chi connectivity index (χ3v) is 6.47. The molecule has 8 nitrogen and oxygen atoms in total. The first kappa shape index (κ1) is 24.6. The van der Waals surface area contributed by atoms with E-state index in [0.29, 0.717) is 18.8 Å². The van der Waals surface area contributed by atoms with Crippen molar-refractivity contribution in [3.63, 3.8) is 0 Å². The summed E-state index contributed by atoms with van der Waals surface area (Å²) in [5.41, 5.74) is 4.68. The van der Waals surface area contributed by atoms with Crippen molar-refractivity contribution in [3.8, 4) is 0 Å². The molecule has 0 radical (unpaired) electrons. The molecule has 35 heavy (non-hydrogen) atoms. The zero-order valence-electron chi connectivity index (χ0n) is 20.5. The molecule has 0 aromatic heterocycles. The minimum atomic E-state index is -0.346. The first-order chi connectivity index (χ1) is 16.8. The van der Waals surface area contributed by atoms with Gasteiger partial charge < -0.3 is 15.0 Å². The van der Waals surface area contributed by atoms with Gasteiger partial charge in [-0.1, -0.05) is 24.3 Å². The molecule has 184 valence electrons. The van der Waals surface area contributed by atoms with Crippen molar-refractivity contribution in [2.45, 2.75) is 52.6 Å². The fourth-order valence-corrected chi connectivity index (χ4v) is 4.35. The van der Waals surface area contributed by atoms with Crippen LogP contribution in [0.15, 0.2) is 47.6 Å². The first-order valence-corrected chi connectivity index (χ1v) is 12.1. The van der Waals surface area contributed by atoms with E-state index in [4.69, 9.17) is 4.74 Å². The number of carbonyl (C=O) groups excluding carboxylic acids is 3. The maximum absolute atomic E-state index is 13.6. The summed E-state index contributed by atoms with van der Waals surface area (Å²) in [5.74, 6) is -0.791. The van der Waals surface area contributed by atoms with Gasteiger partial charge in [-0.15, -0.1) is 0 Å². The minimum Gasteiger partial charge on any atom is -0.376 e. The molecule has 1 N–H and O–H groups in total. The number of benzene rings is 2. The van der Waals surface area contributed by atoms with Crippen LogP contribution in [0.2, 0.25) is 0 Å². The van der Waals surface area contributed by atoms with Crippen LogP contribution < -0.4 is 10.3 Å². The van der Waals surface area contributed by atoms with E-state index < -0.39 is 0 Å². The molecule has 3 amide bonds. The van der Waals surface area contributed by atoms with Gasteiger partial charge in [-0.3, -0.25) is 14.4 Å². The molecule has 2 aromatic carbocycles. The summed E-state index contributed by atoms with van der Waals surface area (Å²) in [7, 11) is 0. The number of carbonyl (C=O) groups is 3. The highest BCUT2D eigenvalue weighted by Gasteiger charge is 2.31. The van der Waals surface area contributed by atoms with E-state index in [0.717, 1.165) is 35.2 Å². The number of hydrogen-bond acceptors (Lipinski definition) is 5. The maximum Gasteiger partial charge on any atom is 0.270 e. The molecular weight excluding hydrogens is 444 g/mol. The third kappa shape index (κ3) is 5.95. The van der Waals surface area contributed by atoms with E-state index in [9.17, 15) is 14.4 Å². The highest BCUT2D eigenvalue weighted by Crippen LogP contribution is 2.23. The van der Waals surface area contributed by atoms with Crippen molar-refractivity contribution in [2.24, 2.45) is 5.10 Å². The second kappa shape index (κ2) is 10.8. The highest BCUT2D eigenvalue weighted by atomic mass is 16.5. The molecule has 2 aliphatic heterocycles. The zero-order chi connectivity index (χ0) is 24.9. The van der Waals surface area contributed by atoms with Crippen LogP contribution in [0.1, 0.15) is 42.4 Å². The van der Waals surface area contributed by atoms with Gasteiger partial charge >= 0.3 is 0 Å². The van der Waals surface area contributed by atoms with Gasteiger partial charge in [0.2, 0.25) is 11.8 Å². The lowest BCUT2D eigenvalue weighted by atomic mass is 10.1. The van der Waals surface area contributed by atoms with Gasteiger partial charge in [0, 0.05) is 31.7 Å². The van der Waals surface area contributed by atoms with Crippen LogP contribution in [0.25, 0.3) is 0 Å². The summed E-state index contributed by atoms with van der Waals surface area (Å²) in [6, 6.07) is 13.2. The first-order valence-electron chi connectivity index (χ1n) is 12.1. The second-order valence-corrected chi connectivity index (χ2v) is 9.21. The number of nitrogens with zero attached hydrogens (tertiary/aromatic N) is 3. The monoisotopic (exact) mass is 476 g/mol. The second-order valence-electron chi connectivity index (χ2n) is 9.21. The quantitative estimate of drug-likeness (QED) is 0.659. The van der Waals surface area contributed by atoms with Gasteiger partial charge in [0.15, 0.2) is 0 Å². The van der Waals surface area contributed by atoms with Crippen molar-refractivity contribution in [1.82, 2.24) is 4.90 Å². The topological polar surface area (TPSA) is 91.3 Å². The van der Waals surface area contributed by atoms with Crippen molar-refractivity contribution >= 4 is 34.8 Å². The largest absolute Gasteiger partial charge is 0.376 e. The van der Waals surface area contributed by atoms with Crippen LogP contribution in [-0.4, -0.2) is 54.1 Å². The van der Waals surface area contributed by atoms with Gasteiger partial charge in [-0.05, 0) is 68.5 Å². The number of nitrogens with one attached hydrogen (secondary N) is 1. The Morgan fingerprint density at radius 3 is 2.69 bits per heavy atom. The molecule has 2 heterocycles. The van der Waals surface area contributed by atoms with Gasteiger partial charge in [0.25, 0.3) is 5.91 Å². The Morgan fingerprint density at radius 1 is 1.14 bits per heavy atom. The molecule has 1 atom stereocenters. The van der Waals surface area contributed by atoms with E-state index in [2.05, 4.69) is 10.4 Å². The van der Waals surface area contributed by atoms with Crippen LogP contribution in [0, 0.1) is 20.8 Å². The predicted octanol–water partition coefficient (Wildman–Crippen LogP) is 3.74. The van der Waals surface area contributed by atoms with Crippen LogP contribution in [-0.2, 0) is 19.1 Å². The average molecular weight is 477 g/mol. The normalized spacial score (nSPS) is 17.8. The summed E-state index contributed by atoms with van der Waals surface area (Å²) in [5, 5.41) is 8.65. The molecule has 0 saturated carbocycles. The number of hydrogen-bond donors (Lipinski definition) is 1. The van der Waals surface area contributed by atoms with Gasteiger partial charge in [-0.25, -0.2) is 5.01 Å². The number of amides is 3. The smallest absolute Gasteiger partial charge is 0.270 e. The summed E-state index contributed by atoms with van der Waals surface area (Å²) >= 11 is 0. The number of anilines is 2. The summed E-state index contributed by atoms with van der Waals surface area (Å²) in [4.78, 5) is 40.6. The summed E-state index contributed by atoms with van der Waals surface area (Å²) < 4.78 is 5.75. The lowest BCUT2D eigenvalue weighted by molar-refractivity contribution is -0.130. The van der Waals surface area contributed by atoms with E-state index >= 15 is 0 Å².